The Morgan fingerprint density at radius 2 is 1.68 bits per heavy atom. The SMILES string of the molecule is CCC(C)(C)NC(=O)C(c1ccncc1)N(C(=O)Cn1nnc2ccccc21)c1ccc(NC(C)=O)cc1. The van der Waals surface area contributed by atoms with Crippen molar-refractivity contribution in [2.75, 3.05) is 10.2 Å². The zero-order chi connectivity index (χ0) is 27.3. The molecule has 0 aliphatic rings. The number of hydrogen-bond acceptors (Lipinski definition) is 6. The first-order valence-electron chi connectivity index (χ1n) is 12.4. The Morgan fingerprint density at radius 3 is 2.34 bits per heavy atom. The molecule has 38 heavy (non-hydrogen) atoms. The summed E-state index contributed by atoms with van der Waals surface area (Å²) in [5.74, 6) is -0.899. The minimum atomic E-state index is -0.988. The molecule has 0 saturated carbocycles. The molecule has 0 spiro atoms. The zero-order valence-corrected chi connectivity index (χ0v) is 21.9. The van der Waals surface area contributed by atoms with Crippen molar-refractivity contribution in [1.82, 2.24) is 25.3 Å². The summed E-state index contributed by atoms with van der Waals surface area (Å²) < 4.78 is 1.52. The molecule has 0 radical (unpaired) electrons. The van der Waals surface area contributed by atoms with Gasteiger partial charge in [0.2, 0.25) is 17.7 Å². The van der Waals surface area contributed by atoms with E-state index in [2.05, 4.69) is 25.9 Å². The quantitative estimate of drug-likeness (QED) is 0.350. The highest BCUT2D eigenvalue weighted by atomic mass is 16.2. The number of carbonyl (C=O) groups is 3. The van der Waals surface area contributed by atoms with Crippen LogP contribution in [0.25, 0.3) is 11.0 Å². The van der Waals surface area contributed by atoms with E-state index in [9.17, 15) is 14.4 Å². The average molecular weight is 514 g/mol. The molecule has 3 amide bonds. The van der Waals surface area contributed by atoms with Gasteiger partial charge in [0.15, 0.2) is 0 Å². The third kappa shape index (κ3) is 6.03. The van der Waals surface area contributed by atoms with Crippen LogP contribution in [0.5, 0.6) is 0 Å². The molecule has 0 aliphatic carbocycles. The van der Waals surface area contributed by atoms with Gasteiger partial charge in [-0.15, -0.1) is 5.10 Å². The van der Waals surface area contributed by atoms with E-state index in [1.807, 2.05) is 45.0 Å². The summed E-state index contributed by atoms with van der Waals surface area (Å²) in [6.45, 7) is 7.14. The van der Waals surface area contributed by atoms with Crippen LogP contribution < -0.4 is 15.5 Å². The monoisotopic (exact) mass is 513 g/mol. The van der Waals surface area contributed by atoms with E-state index in [1.165, 1.54) is 16.5 Å². The van der Waals surface area contributed by atoms with E-state index in [-0.39, 0.29) is 24.3 Å². The van der Waals surface area contributed by atoms with Crippen molar-refractivity contribution < 1.29 is 14.4 Å². The number of rotatable bonds is 9. The third-order valence-electron chi connectivity index (χ3n) is 6.31. The van der Waals surface area contributed by atoms with Crippen molar-refractivity contribution in [3.05, 3.63) is 78.6 Å². The topological polar surface area (TPSA) is 122 Å². The summed E-state index contributed by atoms with van der Waals surface area (Å²) in [7, 11) is 0. The fourth-order valence-electron chi connectivity index (χ4n) is 4.04. The van der Waals surface area contributed by atoms with Crippen LogP contribution in [0.15, 0.2) is 73.1 Å². The Labute approximate surface area is 221 Å². The van der Waals surface area contributed by atoms with Crippen LogP contribution in [-0.2, 0) is 20.9 Å². The maximum atomic E-state index is 14.0. The first-order chi connectivity index (χ1) is 18.2. The van der Waals surface area contributed by atoms with Crippen LogP contribution in [0, 0.1) is 0 Å². The number of nitrogens with one attached hydrogen (secondary N) is 2. The van der Waals surface area contributed by atoms with E-state index in [4.69, 9.17) is 0 Å². The molecule has 10 nitrogen and oxygen atoms in total. The van der Waals surface area contributed by atoms with Crippen LogP contribution in [-0.4, -0.2) is 43.2 Å². The molecular formula is C28H31N7O3. The number of fused-ring (bicyclic) bond motifs is 1. The molecule has 0 bridgehead atoms. The maximum absolute atomic E-state index is 14.0. The van der Waals surface area contributed by atoms with Crippen LogP contribution in [0.2, 0.25) is 0 Å². The van der Waals surface area contributed by atoms with Gasteiger partial charge in [0.05, 0.1) is 5.52 Å². The number of hydrogen-bond donors (Lipinski definition) is 2. The van der Waals surface area contributed by atoms with E-state index in [0.29, 0.717) is 34.4 Å². The Kier molecular flexibility index (Phi) is 7.80. The van der Waals surface area contributed by atoms with Crippen LogP contribution in [0.4, 0.5) is 11.4 Å². The molecule has 1 unspecified atom stereocenters. The number of aromatic nitrogens is 4. The average Bonchev–Trinajstić information content (AvgIpc) is 3.30. The lowest BCUT2D eigenvalue weighted by atomic mass is 9.98. The summed E-state index contributed by atoms with van der Waals surface area (Å²) in [6, 6.07) is 16.6. The van der Waals surface area contributed by atoms with E-state index in [1.54, 1.807) is 48.8 Å². The van der Waals surface area contributed by atoms with Crippen molar-refractivity contribution in [3.8, 4) is 0 Å². The van der Waals surface area contributed by atoms with Gasteiger partial charge in [-0.05, 0) is 74.4 Å². The number of para-hydroxylation sites is 1. The van der Waals surface area contributed by atoms with Gasteiger partial charge < -0.3 is 10.6 Å². The number of anilines is 2. The molecule has 2 N–H and O–H groups in total. The van der Waals surface area contributed by atoms with Crippen LogP contribution in [0.1, 0.15) is 45.7 Å². The molecule has 2 aromatic carbocycles. The molecule has 0 saturated heterocycles. The Hall–Kier alpha value is -4.60. The standard InChI is InChI=1S/C28H31N7O3/c1-5-28(3,4)31-27(38)26(20-14-16-29-17-15-20)35(22-12-10-21(11-13-22)30-19(2)36)25(37)18-34-24-9-7-6-8-23(24)32-33-34/h6-17,26H,5,18H2,1-4H3,(H,30,36)(H,31,38). The Balaban J connectivity index is 1.80. The summed E-state index contributed by atoms with van der Waals surface area (Å²) in [4.78, 5) is 45.0. The number of carbonyl (C=O) groups excluding carboxylic acids is 3. The van der Waals surface area contributed by atoms with Crippen molar-refractivity contribution in [3.63, 3.8) is 0 Å². The predicted molar refractivity (Wildman–Crippen MR) is 145 cm³/mol. The van der Waals surface area contributed by atoms with Gasteiger partial charge in [-0.25, -0.2) is 4.68 Å². The molecule has 196 valence electrons. The van der Waals surface area contributed by atoms with Crippen molar-refractivity contribution in [2.24, 2.45) is 0 Å². The lowest BCUT2D eigenvalue weighted by Crippen LogP contribution is -2.51. The number of pyridine rings is 1. The summed E-state index contributed by atoms with van der Waals surface area (Å²) >= 11 is 0. The molecule has 2 heterocycles. The fourth-order valence-corrected chi connectivity index (χ4v) is 4.04. The van der Waals surface area contributed by atoms with Gasteiger partial charge in [0.25, 0.3) is 0 Å². The van der Waals surface area contributed by atoms with Crippen LogP contribution in [0.3, 0.4) is 0 Å². The van der Waals surface area contributed by atoms with Gasteiger partial charge >= 0.3 is 0 Å². The Bertz CT molecular complexity index is 1430. The summed E-state index contributed by atoms with van der Waals surface area (Å²) in [5, 5.41) is 14.1. The summed E-state index contributed by atoms with van der Waals surface area (Å²) in [6.07, 6.45) is 3.88. The van der Waals surface area contributed by atoms with Crippen molar-refractivity contribution >= 4 is 40.1 Å². The molecule has 2 aromatic heterocycles. The minimum Gasteiger partial charge on any atom is -0.349 e. The third-order valence-corrected chi connectivity index (χ3v) is 6.31. The second-order valence-electron chi connectivity index (χ2n) is 9.64. The van der Waals surface area contributed by atoms with E-state index < -0.39 is 11.6 Å². The van der Waals surface area contributed by atoms with E-state index in [0.717, 1.165) is 0 Å². The highest BCUT2D eigenvalue weighted by Gasteiger charge is 2.35. The largest absolute Gasteiger partial charge is 0.349 e. The van der Waals surface area contributed by atoms with Gasteiger partial charge in [-0.3, -0.25) is 24.3 Å². The summed E-state index contributed by atoms with van der Waals surface area (Å²) in [5.41, 5.74) is 2.55. The molecule has 1 atom stereocenters. The van der Waals surface area contributed by atoms with Gasteiger partial charge in [-0.1, -0.05) is 24.3 Å². The first kappa shape index (κ1) is 26.5. The molecule has 4 rings (SSSR count). The van der Waals surface area contributed by atoms with Gasteiger partial charge in [0, 0.05) is 36.2 Å². The molecule has 4 aromatic rings. The lowest BCUT2D eigenvalue weighted by molar-refractivity contribution is -0.128. The smallest absolute Gasteiger partial charge is 0.249 e. The number of amides is 3. The van der Waals surface area contributed by atoms with Crippen LogP contribution >= 0.6 is 0 Å². The second kappa shape index (κ2) is 11.2. The Morgan fingerprint density at radius 1 is 1.00 bits per heavy atom. The molecular weight excluding hydrogens is 482 g/mol. The minimum absolute atomic E-state index is 0.139. The zero-order valence-electron chi connectivity index (χ0n) is 21.9. The maximum Gasteiger partial charge on any atom is 0.249 e. The van der Waals surface area contributed by atoms with Gasteiger partial charge in [0.1, 0.15) is 18.1 Å². The molecule has 0 fully saturated rings. The van der Waals surface area contributed by atoms with E-state index >= 15 is 0 Å². The van der Waals surface area contributed by atoms with Gasteiger partial charge in [-0.2, -0.15) is 0 Å². The second-order valence-corrected chi connectivity index (χ2v) is 9.64. The number of benzene rings is 2. The normalized spacial score (nSPS) is 12.1. The first-order valence-corrected chi connectivity index (χ1v) is 12.4. The number of nitrogens with zero attached hydrogens (tertiary/aromatic N) is 5. The molecule has 0 aliphatic heterocycles. The van der Waals surface area contributed by atoms with Crippen molar-refractivity contribution in [2.45, 2.75) is 52.2 Å². The molecule has 10 heteroatoms. The highest BCUT2D eigenvalue weighted by molar-refractivity contribution is 6.02. The van der Waals surface area contributed by atoms with Crippen molar-refractivity contribution in [1.29, 1.82) is 0 Å². The predicted octanol–water partition coefficient (Wildman–Crippen LogP) is 3.86. The fraction of sp³-hybridized carbons (Fsp3) is 0.286. The highest BCUT2D eigenvalue weighted by Crippen LogP contribution is 2.30. The lowest BCUT2D eigenvalue weighted by Gasteiger charge is -2.34.